The van der Waals surface area contributed by atoms with Gasteiger partial charge in [-0.2, -0.15) is 74.3 Å². The number of halogens is 17. The molecule has 0 aromatic carbocycles. The van der Waals surface area contributed by atoms with Gasteiger partial charge in [0.2, 0.25) is 0 Å². The first-order valence-corrected chi connectivity index (χ1v) is 7.12. The van der Waals surface area contributed by atoms with E-state index in [-0.39, 0.29) is 0 Å². The fraction of sp³-hybridized carbons (Fsp3) is 1.00. The Balaban J connectivity index is 7.65. The minimum atomic E-state index is -9.24. The standard InChI is InChI=1S/C8HF17O3S/c9-1(5(15,16)17,4(13,14)8(24,25)29(26,27)28)3(11,12)2(10,6(18,19)20)7(21,22)23/h(H,26,27,28). The van der Waals surface area contributed by atoms with Crippen LogP contribution in [0.4, 0.5) is 74.6 Å². The third kappa shape index (κ3) is 3.26. The van der Waals surface area contributed by atoms with Gasteiger partial charge < -0.3 is 0 Å². The smallest absolute Gasteiger partial charge is 0.281 e. The summed E-state index contributed by atoms with van der Waals surface area (Å²) in [6, 6.07) is 0. The molecular formula is C8HF17O3S. The molecule has 0 saturated heterocycles. The molecule has 0 aliphatic heterocycles. The van der Waals surface area contributed by atoms with Crippen molar-refractivity contribution >= 4 is 10.1 Å². The summed E-state index contributed by atoms with van der Waals surface area (Å²) in [7, 11) is -8.12. The van der Waals surface area contributed by atoms with E-state index in [2.05, 4.69) is 0 Å². The van der Waals surface area contributed by atoms with Crippen molar-refractivity contribution in [3.8, 4) is 0 Å². The monoisotopic (exact) mass is 500 g/mol. The maximum Gasteiger partial charge on any atom is 0.437 e. The summed E-state index contributed by atoms with van der Waals surface area (Å²) >= 11 is 0. The molecule has 0 rings (SSSR count). The van der Waals surface area contributed by atoms with Crippen molar-refractivity contribution in [3.63, 3.8) is 0 Å². The lowest BCUT2D eigenvalue weighted by molar-refractivity contribution is -0.465. The van der Waals surface area contributed by atoms with E-state index in [1.807, 2.05) is 0 Å². The quantitative estimate of drug-likeness (QED) is 0.435. The Morgan fingerprint density at radius 3 is 0.862 bits per heavy atom. The number of hydrogen-bond donors (Lipinski definition) is 1. The zero-order valence-corrected chi connectivity index (χ0v) is 12.9. The van der Waals surface area contributed by atoms with Crippen molar-refractivity contribution in [1.29, 1.82) is 0 Å². The topological polar surface area (TPSA) is 54.4 Å². The van der Waals surface area contributed by atoms with Crippen molar-refractivity contribution in [3.05, 3.63) is 0 Å². The van der Waals surface area contributed by atoms with Crippen molar-refractivity contribution in [1.82, 2.24) is 0 Å². The lowest BCUT2D eigenvalue weighted by atomic mass is 9.78. The van der Waals surface area contributed by atoms with Crippen LogP contribution in [-0.2, 0) is 10.1 Å². The number of rotatable bonds is 5. The molecule has 0 saturated carbocycles. The Labute approximate surface area is 146 Å². The molecule has 0 spiro atoms. The molecule has 176 valence electrons. The van der Waals surface area contributed by atoms with Crippen molar-refractivity contribution in [2.24, 2.45) is 0 Å². The predicted octanol–water partition coefficient (Wildman–Crippen LogP) is 4.84. The maximum atomic E-state index is 13.7. The van der Waals surface area contributed by atoms with Gasteiger partial charge in [0.05, 0.1) is 0 Å². The fourth-order valence-electron chi connectivity index (χ4n) is 1.67. The van der Waals surface area contributed by atoms with Gasteiger partial charge in [-0.05, 0) is 0 Å². The summed E-state index contributed by atoms with van der Waals surface area (Å²) in [4.78, 5) is 0. The normalized spacial score (nSPS) is 18.6. The van der Waals surface area contributed by atoms with E-state index < -0.39 is 57.1 Å². The SMILES string of the molecule is O=S(=O)(O)C(F)(F)C(F)(F)C(F)(C(F)(F)F)C(F)(F)C(F)(C(F)(F)F)C(F)(F)F. The second kappa shape index (κ2) is 6.36. The van der Waals surface area contributed by atoms with Crippen LogP contribution < -0.4 is 0 Å². The molecule has 0 heterocycles. The van der Waals surface area contributed by atoms with Gasteiger partial charge in [-0.15, -0.1) is 0 Å². The molecule has 0 aromatic heterocycles. The summed E-state index contributed by atoms with van der Waals surface area (Å²) in [5, 5.41) is -8.13. The van der Waals surface area contributed by atoms with E-state index in [1.54, 1.807) is 0 Å². The molecule has 29 heavy (non-hydrogen) atoms. The van der Waals surface area contributed by atoms with Gasteiger partial charge in [-0.3, -0.25) is 4.55 Å². The van der Waals surface area contributed by atoms with E-state index in [0.717, 1.165) is 0 Å². The molecule has 21 heteroatoms. The van der Waals surface area contributed by atoms with Crippen LogP contribution in [0.25, 0.3) is 0 Å². The molecular weight excluding hydrogens is 499 g/mol. The van der Waals surface area contributed by atoms with Crippen LogP contribution in [0.1, 0.15) is 0 Å². The first-order valence-electron chi connectivity index (χ1n) is 5.68. The lowest BCUT2D eigenvalue weighted by Crippen LogP contribution is -2.81. The van der Waals surface area contributed by atoms with Crippen molar-refractivity contribution in [2.75, 3.05) is 0 Å². The van der Waals surface area contributed by atoms with Gasteiger partial charge in [0, 0.05) is 0 Å². The third-order valence-electron chi connectivity index (χ3n) is 3.16. The zero-order chi connectivity index (χ0) is 24.5. The lowest BCUT2D eigenvalue weighted by Gasteiger charge is -2.46. The van der Waals surface area contributed by atoms with Crippen LogP contribution in [0.3, 0.4) is 0 Å². The minimum Gasteiger partial charge on any atom is -0.281 e. The van der Waals surface area contributed by atoms with Crippen LogP contribution in [0, 0.1) is 0 Å². The Hall–Kier alpha value is -1.28. The number of hydrogen-bond acceptors (Lipinski definition) is 2. The van der Waals surface area contributed by atoms with Gasteiger partial charge >= 0.3 is 57.1 Å². The third-order valence-corrected chi connectivity index (χ3v) is 4.06. The van der Waals surface area contributed by atoms with Crippen molar-refractivity contribution < 1.29 is 87.6 Å². The second-order valence-corrected chi connectivity index (χ2v) is 6.41. The Morgan fingerprint density at radius 1 is 0.448 bits per heavy atom. The van der Waals surface area contributed by atoms with E-state index >= 15 is 0 Å². The van der Waals surface area contributed by atoms with E-state index in [9.17, 15) is 83.1 Å². The molecule has 0 bridgehead atoms. The van der Waals surface area contributed by atoms with Gasteiger partial charge in [0.1, 0.15) is 0 Å². The van der Waals surface area contributed by atoms with Crippen LogP contribution in [0.5, 0.6) is 0 Å². The molecule has 0 aromatic rings. The summed E-state index contributed by atoms with van der Waals surface area (Å²) in [5.41, 5.74) is -18.1. The molecule has 1 N–H and O–H groups in total. The van der Waals surface area contributed by atoms with E-state index in [4.69, 9.17) is 4.55 Å². The van der Waals surface area contributed by atoms with E-state index in [1.165, 1.54) is 0 Å². The van der Waals surface area contributed by atoms with Crippen LogP contribution >= 0.6 is 0 Å². The molecule has 1 unspecified atom stereocenters. The Kier molecular flexibility index (Phi) is 6.08. The van der Waals surface area contributed by atoms with E-state index in [0.29, 0.717) is 0 Å². The Bertz CT molecular complexity index is 713. The summed E-state index contributed by atoms with van der Waals surface area (Å²) in [6.45, 7) is 0. The molecule has 1 atom stereocenters. The maximum absolute atomic E-state index is 13.7. The minimum absolute atomic E-state index is 7.72. The van der Waals surface area contributed by atoms with Crippen molar-refractivity contribution in [2.45, 2.75) is 47.0 Å². The molecule has 0 amide bonds. The fourth-order valence-corrected chi connectivity index (χ4v) is 2.13. The highest BCUT2D eigenvalue weighted by atomic mass is 32.2. The molecule has 0 aliphatic carbocycles. The van der Waals surface area contributed by atoms with Gasteiger partial charge in [-0.25, -0.2) is 8.78 Å². The summed E-state index contributed by atoms with van der Waals surface area (Å²) in [6.07, 6.45) is -25.4. The predicted molar refractivity (Wildman–Crippen MR) is 52.2 cm³/mol. The number of alkyl halides is 17. The average molecular weight is 500 g/mol. The largest absolute Gasteiger partial charge is 0.437 e. The highest BCUT2D eigenvalue weighted by Gasteiger charge is 3.00. The van der Waals surface area contributed by atoms with Crippen LogP contribution in [0.15, 0.2) is 0 Å². The molecule has 0 radical (unpaired) electrons. The zero-order valence-electron chi connectivity index (χ0n) is 12.1. The first kappa shape index (κ1) is 27.7. The molecule has 0 fully saturated rings. The van der Waals surface area contributed by atoms with Crippen LogP contribution in [-0.4, -0.2) is 59.9 Å². The van der Waals surface area contributed by atoms with Crippen LogP contribution in [0.2, 0.25) is 0 Å². The van der Waals surface area contributed by atoms with Gasteiger partial charge in [0.15, 0.2) is 0 Å². The first-order chi connectivity index (χ1) is 12.0. The average Bonchev–Trinajstić information content (AvgIpc) is 2.39. The van der Waals surface area contributed by atoms with Gasteiger partial charge in [0.25, 0.3) is 0 Å². The Morgan fingerprint density at radius 2 is 0.690 bits per heavy atom. The van der Waals surface area contributed by atoms with Gasteiger partial charge in [-0.1, -0.05) is 0 Å². The summed E-state index contributed by atoms with van der Waals surface area (Å²) in [5.74, 6) is -18.1. The second-order valence-electron chi connectivity index (χ2n) is 4.95. The summed E-state index contributed by atoms with van der Waals surface area (Å²) < 4.78 is 245. The highest BCUT2D eigenvalue weighted by molar-refractivity contribution is 7.87. The molecule has 0 aliphatic rings. The molecule has 3 nitrogen and oxygen atoms in total. The highest BCUT2D eigenvalue weighted by Crippen LogP contribution is 2.67.